The number of carbonyl (C=O) groups excluding carboxylic acids is 1. The van der Waals surface area contributed by atoms with E-state index < -0.39 is 12.8 Å². The van der Waals surface area contributed by atoms with Gasteiger partial charge in [-0.3, -0.25) is 4.79 Å². The summed E-state index contributed by atoms with van der Waals surface area (Å²) >= 11 is 0. The van der Waals surface area contributed by atoms with Crippen LogP contribution in [-0.2, 0) is 4.74 Å². The van der Waals surface area contributed by atoms with Crippen LogP contribution in [0.1, 0.15) is 23.7 Å². The Hall–Kier alpha value is -1.56. The third-order valence-electron chi connectivity index (χ3n) is 2.23. The molecule has 0 bridgehead atoms. The molecule has 1 aromatic carbocycles. The fourth-order valence-corrected chi connectivity index (χ4v) is 1.40. The molecule has 0 N–H and O–H groups in total. The normalized spacial score (nSPS) is 11.4. The Morgan fingerprint density at radius 1 is 1.21 bits per heavy atom. The van der Waals surface area contributed by atoms with Crippen LogP contribution >= 0.6 is 0 Å². The van der Waals surface area contributed by atoms with Crippen LogP contribution in [0.15, 0.2) is 24.3 Å². The highest BCUT2D eigenvalue weighted by molar-refractivity contribution is 5.96. The molecule has 0 aliphatic rings. The average Bonchev–Trinajstić information content (AvgIpc) is 2.34. The van der Waals surface area contributed by atoms with Crippen molar-refractivity contribution < 1.29 is 27.4 Å². The molecule has 0 amide bonds. The van der Waals surface area contributed by atoms with Gasteiger partial charge in [0, 0.05) is 12.0 Å². The van der Waals surface area contributed by atoms with Gasteiger partial charge in [-0.05, 0) is 31.2 Å². The number of carbonyl (C=O) groups is 1. The van der Waals surface area contributed by atoms with E-state index in [1.807, 2.05) is 6.92 Å². The van der Waals surface area contributed by atoms with Crippen molar-refractivity contribution in [3.8, 4) is 5.75 Å². The van der Waals surface area contributed by atoms with Gasteiger partial charge in [-0.2, -0.15) is 13.2 Å². The van der Waals surface area contributed by atoms with Gasteiger partial charge in [0.2, 0.25) is 0 Å². The lowest BCUT2D eigenvalue weighted by Crippen LogP contribution is -2.18. The van der Waals surface area contributed by atoms with Crippen molar-refractivity contribution in [2.45, 2.75) is 19.5 Å². The predicted octanol–water partition coefficient (Wildman–Crippen LogP) is 3.24. The quantitative estimate of drug-likeness (QED) is 0.566. The Balaban J connectivity index is 2.37. The lowest BCUT2D eigenvalue weighted by molar-refractivity contribution is -0.173. The fraction of sp³-hybridized carbons (Fsp3) is 0.462. The molecule has 0 saturated carbocycles. The highest BCUT2D eigenvalue weighted by atomic mass is 19.4. The molecule has 0 radical (unpaired) electrons. The topological polar surface area (TPSA) is 35.5 Å². The zero-order valence-corrected chi connectivity index (χ0v) is 10.5. The summed E-state index contributed by atoms with van der Waals surface area (Å²) in [5.41, 5.74) is 0.430. The minimum absolute atomic E-state index is 0.0793. The van der Waals surface area contributed by atoms with E-state index in [2.05, 4.69) is 4.74 Å². The van der Waals surface area contributed by atoms with Gasteiger partial charge >= 0.3 is 6.18 Å². The minimum atomic E-state index is -4.36. The lowest BCUT2D eigenvalue weighted by atomic mass is 10.1. The van der Waals surface area contributed by atoms with E-state index in [1.54, 1.807) is 24.3 Å². The summed E-state index contributed by atoms with van der Waals surface area (Å²) in [6.45, 7) is 0.796. The second-order valence-corrected chi connectivity index (χ2v) is 3.80. The van der Waals surface area contributed by atoms with Crippen LogP contribution in [0.5, 0.6) is 5.75 Å². The van der Waals surface area contributed by atoms with Crippen LogP contribution < -0.4 is 4.74 Å². The number of Topliss-reactive ketones (excluding diaryl/α,β-unsaturated/α-hetero) is 1. The lowest BCUT2D eigenvalue weighted by Gasteiger charge is -2.07. The van der Waals surface area contributed by atoms with Gasteiger partial charge in [-0.15, -0.1) is 0 Å². The smallest absolute Gasteiger partial charge is 0.411 e. The molecule has 0 atom stereocenters. The first-order valence-electron chi connectivity index (χ1n) is 5.83. The molecular weight excluding hydrogens is 261 g/mol. The zero-order valence-electron chi connectivity index (χ0n) is 10.5. The molecule has 0 unspecified atom stereocenters. The maximum atomic E-state index is 11.8. The molecule has 106 valence electrons. The largest absolute Gasteiger partial charge is 0.494 e. The van der Waals surface area contributed by atoms with E-state index in [4.69, 9.17) is 4.74 Å². The van der Waals surface area contributed by atoms with E-state index >= 15 is 0 Å². The maximum Gasteiger partial charge on any atom is 0.411 e. The molecule has 0 aliphatic carbocycles. The fourth-order valence-electron chi connectivity index (χ4n) is 1.40. The van der Waals surface area contributed by atoms with Crippen LogP contribution in [0.25, 0.3) is 0 Å². The second-order valence-electron chi connectivity index (χ2n) is 3.80. The molecule has 0 aliphatic heterocycles. The van der Waals surface area contributed by atoms with Crippen LogP contribution in [0.4, 0.5) is 13.2 Å². The number of rotatable bonds is 7. The Morgan fingerprint density at radius 3 is 2.37 bits per heavy atom. The standard InChI is InChI=1S/C13H15F3O3/c1-2-19-11-5-3-10(4-6-11)12(17)7-8-18-9-13(14,15)16/h3-6H,2,7-9H2,1H3. The number of benzene rings is 1. The Labute approximate surface area is 109 Å². The Morgan fingerprint density at radius 2 is 1.84 bits per heavy atom. The summed E-state index contributed by atoms with van der Waals surface area (Å²) in [5, 5.41) is 0. The van der Waals surface area contributed by atoms with Crippen LogP contribution in [0, 0.1) is 0 Å². The average molecular weight is 276 g/mol. The van der Waals surface area contributed by atoms with Crippen molar-refractivity contribution in [1.29, 1.82) is 0 Å². The van der Waals surface area contributed by atoms with Gasteiger partial charge in [0.05, 0.1) is 13.2 Å². The molecule has 6 heteroatoms. The third-order valence-corrected chi connectivity index (χ3v) is 2.23. The number of halogens is 3. The highest BCUT2D eigenvalue weighted by Gasteiger charge is 2.27. The van der Waals surface area contributed by atoms with E-state index in [-0.39, 0.29) is 18.8 Å². The van der Waals surface area contributed by atoms with Crippen molar-refractivity contribution >= 4 is 5.78 Å². The molecule has 0 heterocycles. The zero-order chi connectivity index (χ0) is 14.3. The van der Waals surface area contributed by atoms with Crippen molar-refractivity contribution in [2.75, 3.05) is 19.8 Å². The molecular formula is C13H15F3O3. The molecule has 1 aromatic rings. The summed E-state index contributed by atoms with van der Waals surface area (Å²) in [6.07, 6.45) is -4.44. The molecule has 3 nitrogen and oxygen atoms in total. The van der Waals surface area contributed by atoms with Crippen molar-refractivity contribution in [2.24, 2.45) is 0 Å². The first-order chi connectivity index (χ1) is 8.92. The van der Waals surface area contributed by atoms with Gasteiger partial charge in [0.1, 0.15) is 12.4 Å². The molecule has 0 aromatic heterocycles. The van der Waals surface area contributed by atoms with Crippen molar-refractivity contribution in [1.82, 2.24) is 0 Å². The first kappa shape index (κ1) is 15.5. The molecule has 19 heavy (non-hydrogen) atoms. The van der Waals surface area contributed by atoms with E-state index in [1.165, 1.54) is 0 Å². The number of ketones is 1. The van der Waals surface area contributed by atoms with Crippen LogP contribution in [0.3, 0.4) is 0 Å². The first-order valence-corrected chi connectivity index (χ1v) is 5.83. The monoisotopic (exact) mass is 276 g/mol. The van der Waals surface area contributed by atoms with E-state index in [9.17, 15) is 18.0 Å². The third kappa shape index (κ3) is 6.24. The molecule has 1 rings (SSSR count). The Kier molecular flexibility index (Phi) is 5.82. The summed E-state index contributed by atoms with van der Waals surface area (Å²) in [4.78, 5) is 11.6. The number of hydrogen-bond donors (Lipinski definition) is 0. The van der Waals surface area contributed by atoms with Crippen LogP contribution in [0.2, 0.25) is 0 Å². The summed E-state index contributed by atoms with van der Waals surface area (Å²) in [6, 6.07) is 6.45. The maximum absolute atomic E-state index is 11.8. The number of hydrogen-bond acceptors (Lipinski definition) is 3. The summed E-state index contributed by atoms with van der Waals surface area (Å²) in [7, 11) is 0. The van der Waals surface area contributed by atoms with Gasteiger partial charge in [0.15, 0.2) is 5.78 Å². The van der Waals surface area contributed by atoms with Crippen molar-refractivity contribution in [3.05, 3.63) is 29.8 Å². The SMILES string of the molecule is CCOc1ccc(C(=O)CCOCC(F)(F)F)cc1. The van der Waals surface area contributed by atoms with Gasteiger partial charge in [0.25, 0.3) is 0 Å². The predicted molar refractivity (Wildman–Crippen MR) is 63.4 cm³/mol. The summed E-state index contributed by atoms with van der Waals surface area (Å²) in [5.74, 6) is 0.387. The van der Waals surface area contributed by atoms with Gasteiger partial charge in [-0.25, -0.2) is 0 Å². The molecule has 0 fully saturated rings. The molecule has 0 spiro atoms. The van der Waals surface area contributed by atoms with E-state index in [0.29, 0.717) is 17.9 Å². The number of ether oxygens (including phenoxy) is 2. The second kappa shape index (κ2) is 7.13. The molecule has 0 saturated heterocycles. The minimum Gasteiger partial charge on any atom is -0.494 e. The van der Waals surface area contributed by atoms with Crippen LogP contribution in [-0.4, -0.2) is 31.8 Å². The Bertz CT molecular complexity index is 399. The number of alkyl halides is 3. The summed E-state index contributed by atoms with van der Waals surface area (Å²) < 4.78 is 45.0. The van der Waals surface area contributed by atoms with Gasteiger partial charge in [-0.1, -0.05) is 0 Å². The highest BCUT2D eigenvalue weighted by Crippen LogP contribution is 2.15. The van der Waals surface area contributed by atoms with Gasteiger partial charge < -0.3 is 9.47 Å². The van der Waals surface area contributed by atoms with Crippen molar-refractivity contribution in [3.63, 3.8) is 0 Å². The van der Waals surface area contributed by atoms with E-state index in [0.717, 1.165) is 0 Å².